The highest BCUT2D eigenvalue weighted by atomic mass is 32.1. The van der Waals surface area contributed by atoms with Crippen molar-refractivity contribution in [1.82, 2.24) is 4.98 Å². The molecule has 2 aromatic carbocycles. The first-order valence-corrected chi connectivity index (χ1v) is 9.21. The Bertz CT molecular complexity index is 1140. The molecule has 132 valence electrons. The molecule has 27 heavy (non-hydrogen) atoms. The number of nitriles is 2. The maximum atomic E-state index is 9.20. The van der Waals surface area contributed by atoms with Gasteiger partial charge in [0, 0.05) is 25.3 Å². The molecule has 0 saturated heterocycles. The summed E-state index contributed by atoms with van der Waals surface area (Å²) in [5.41, 5.74) is 5.13. The van der Waals surface area contributed by atoms with Crippen LogP contribution in [0.3, 0.4) is 0 Å². The second-order valence-electron chi connectivity index (χ2n) is 6.33. The van der Waals surface area contributed by atoms with E-state index in [1.54, 1.807) is 0 Å². The van der Waals surface area contributed by atoms with Crippen molar-refractivity contribution in [3.05, 3.63) is 68.9 Å². The third kappa shape index (κ3) is 4.06. The number of hydrogen-bond donors (Lipinski definition) is 0. The van der Waals surface area contributed by atoms with Crippen LogP contribution < -0.4 is 14.1 Å². The predicted octanol–water partition coefficient (Wildman–Crippen LogP) is 3.21. The topological polar surface area (TPSA) is 63.7 Å². The third-order valence-electron chi connectivity index (χ3n) is 4.12. The first-order chi connectivity index (χ1) is 13.0. The molecule has 0 N–H and O–H groups in total. The quantitative estimate of drug-likeness (QED) is 0.710. The molecule has 0 aliphatic carbocycles. The fourth-order valence-electron chi connectivity index (χ4n) is 2.60. The Kier molecular flexibility index (Phi) is 5.35. The van der Waals surface area contributed by atoms with Gasteiger partial charge in [-0.25, -0.2) is 4.98 Å². The molecular weight excluding hydrogens is 352 g/mol. The van der Waals surface area contributed by atoms with Crippen molar-refractivity contribution in [3.63, 3.8) is 0 Å². The molecule has 0 fully saturated rings. The smallest absolute Gasteiger partial charge is 0.165 e. The number of rotatable bonds is 3. The van der Waals surface area contributed by atoms with Gasteiger partial charge < -0.3 is 4.90 Å². The number of aryl methyl sites for hydroxylation is 1. The van der Waals surface area contributed by atoms with E-state index in [0.717, 1.165) is 27.0 Å². The number of thiazole rings is 1. The van der Waals surface area contributed by atoms with Gasteiger partial charge in [0.1, 0.15) is 16.8 Å². The predicted molar refractivity (Wildman–Crippen MR) is 111 cm³/mol. The van der Waals surface area contributed by atoms with Gasteiger partial charge in [0.2, 0.25) is 0 Å². The van der Waals surface area contributed by atoms with Crippen molar-refractivity contribution in [2.75, 3.05) is 19.0 Å². The van der Waals surface area contributed by atoms with Crippen molar-refractivity contribution in [2.24, 2.45) is 0 Å². The molecule has 3 aromatic rings. The van der Waals surface area contributed by atoms with E-state index >= 15 is 0 Å². The van der Waals surface area contributed by atoms with Crippen LogP contribution in [0.15, 0.2) is 48.5 Å². The van der Waals surface area contributed by atoms with E-state index in [-0.39, 0.29) is 5.57 Å². The van der Waals surface area contributed by atoms with E-state index in [2.05, 4.69) is 17.1 Å². The number of benzene rings is 2. The molecule has 0 atom stereocenters. The SMILES string of the molecule is Cc1ccc(-c2nc(=C(C#N)C#N)s/c2=C/c2ccc(N(C)C)cc2)cc1. The molecule has 5 heteroatoms. The Morgan fingerprint density at radius 2 is 1.63 bits per heavy atom. The van der Waals surface area contributed by atoms with E-state index in [0.29, 0.717) is 4.66 Å². The van der Waals surface area contributed by atoms with E-state index in [9.17, 15) is 10.5 Å². The molecule has 0 spiro atoms. The van der Waals surface area contributed by atoms with Gasteiger partial charge in [0.05, 0.1) is 10.2 Å². The molecule has 3 rings (SSSR count). The highest BCUT2D eigenvalue weighted by Crippen LogP contribution is 2.16. The number of aromatic nitrogens is 1. The molecule has 1 heterocycles. The maximum Gasteiger partial charge on any atom is 0.165 e. The van der Waals surface area contributed by atoms with Crippen molar-refractivity contribution < 1.29 is 0 Å². The average molecular weight is 370 g/mol. The minimum atomic E-state index is 0.0379. The lowest BCUT2D eigenvalue weighted by Gasteiger charge is -2.11. The van der Waals surface area contributed by atoms with Crippen LogP contribution in [-0.2, 0) is 0 Å². The molecule has 4 nitrogen and oxygen atoms in total. The summed E-state index contributed by atoms with van der Waals surface area (Å²) < 4.78 is 1.38. The van der Waals surface area contributed by atoms with Gasteiger partial charge in [-0.1, -0.05) is 42.0 Å². The Hall–Kier alpha value is -3.41. The molecule has 0 bridgehead atoms. The standard InChI is InChI=1S/C22H18N4S/c1-15-4-8-17(9-5-15)21-20(27-22(25-21)18(13-23)14-24)12-16-6-10-19(11-7-16)26(2)3/h4-12H,1-3H3/b20-12+. The zero-order valence-corrected chi connectivity index (χ0v) is 16.2. The minimum absolute atomic E-state index is 0.0379. The molecular formula is C22H18N4S. The lowest BCUT2D eigenvalue weighted by Crippen LogP contribution is -2.08. The summed E-state index contributed by atoms with van der Waals surface area (Å²) in [6.45, 7) is 2.03. The summed E-state index contributed by atoms with van der Waals surface area (Å²) in [6, 6.07) is 20.2. The number of anilines is 1. The van der Waals surface area contributed by atoms with Crippen LogP contribution in [0.2, 0.25) is 0 Å². The van der Waals surface area contributed by atoms with E-state index < -0.39 is 0 Å². The van der Waals surface area contributed by atoms with Gasteiger partial charge in [0.25, 0.3) is 0 Å². The van der Waals surface area contributed by atoms with Crippen molar-refractivity contribution in [1.29, 1.82) is 10.5 Å². The van der Waals surface area contributed by atoms with Gasteiger partial charge in [-0.05, 0) is 30.7 Å². The van der Waals surface area contributed by atoms with Crippen molar-refractivity contribution in [3.8, 4) is 23.4 Å². The van der Waals surface area contributed by atoms with Gasteiger partial charge in [-0.3, -0.25) is 0 Å². The van der Waals surface area contributed by atoms with Crippen LogP contribution in [0.25, 0.3) is 22.9 Å². The van der Waals surface area contributed by atoms with Gasteiger partial charge in [-0.15, -0.1) is 11.3 Å². The Balaban J connectivity index is 2.21. The summed E-state index contributed by atoms with van der Waals surface area (Å²) in [5, 5.41) is 18.4. The third-order valence-corrected chi connectivity index (χ3v) is 5.14. The lowest BCUT2D eigenvalue weighted by atomic mass is 10.1. The largest absolute Gasteiger partial charge is 0.378 e. The molecule has 0 aliphatic rings. The van der Waals surface area contributed by atoms with Gasteiger partial charge in [-0.2, -0.15) is 10.5 Å². The van der Waals surface area contributed by atoms with Gasteiger partial charge in [0.15, 0.2) is 5.57 Å². The van der Waals surface area contributed by atoms with E-state index in [4.69, 9.17) is 0 Å². The zero-order chi connectivity index (χ0) is 19.4. The van der Waals surface area contributed by atoms with Gasteiger partial charge >= 0.3 is 0 Å². The molecule has 0 saturated carbocycles. The Morgan fingerprint density at radius 3 is 2.19 bits per heavy atom. The molecule has 0 unspecified atom stereocenters. The summed E-state index contributed by atoms with van der Waals surface area (Å²) in [4.78, 5) is 6.64. The first-order valence-electron chi connectivity index (χ1n) is 8.39. The number of nitrogens with zero attached hydrogens (tertiary/aromatic N) is 4. The average Bonchev–Trinajstić information content (AvgIpc) is 3.07. The zero-order valence-electron chi connectivity index (χ0n) is 15.4. The fraction of sp³-hybridized carbons (Fsp3) is 0.136. The molecule has 0 amide bonds. The second kappa shape index (κ2) is 7.86. The van der Waals surface area contributed by atoms with E-state index in [1.165, 1.54) is 16.9 Å². The normalized spacial score (nSPS) is 10.9. The van der Waals surface area contributed by atoms with Crippen molar-refractivity contribution >= 4 is 28.7 Å². The first kappa shape index (κ1) is 18.4. The van der Waals surface area contributed by atoms with E-state index in [1.807, 2.05) is 80.5 Å². The molecule has 1 aromatic heterocycles. The summed E-state index contributed by atoms with van der Waals surface area (Å²) in [6.07, 6.45) is 2.04. The lowest BCUT2D eigenvalue weighted by molar-refractivity contribution is 1.13. The molecule has 0 aliphatic heterocycles. The number of hydrogen-bond acceptors (Lipinski definition) is 5. The highest BCUT2D eigenvalue weighted by Gasteiger charge is 2.08. The van der Waals surface area contributed by atoms with Crippen LogP contribution in [-0.4, -0.2) is 19.1 Å². The Morgan fingerprint density at radius 1 is 1.00 bits per heavy atom. The summed E-state index contributed by atoms with van der Waals surface area (Å²) in [7, 11) is 4.01. The summed E-state index contributed by atoms with van der Waals surface area (Å²) >= 11 is 1.36. The second-order valence-corrected chi connectivity index (χ2v) is 7.36. The molecule has 0 radical (unpaired) electrons. The van der Waals surface area contributed by atoms with Crippen LogP contribution in [0.4, 0.5) is 5.69 Å². The van der Waals surface area contributed by atoms with Crippen LogP contribution in [0.5, 0.6) is 0 Å². The van der Waals surface area contributed by atoms with Crippen LogP contribution >= 0.6 is 11.3 Å². The fourth-order valence-corrected chi connectivity index (χ4v) is 3.59. The Labute approximate surface area is 162 Å². The highest BCUT2D eigenvalue weighted by molar-refractivity contribution is 7.08. The monoisotopic (exact) mass is 370 g/mol. The van der Waals surface area contributed by atoms with Crippen LogP contribution in [0.1, 0.15) is 11.1 Å². The maximum absolute atomic E-state index is 9.20. The van der Waals surface area contributed by atoms with Crippen molar-refractivity contribution in [2.45, 2.75) is 6.92 Å². The minimum Gasteiger partial charge on any atom is -0.378 e. The summed E-state index contributed by atoms with van der Waals surface area (Å²) in [5.74, 6) is 0. The van der Waals surface area contributed by atoms with Crippen LogP contribution in [0, 0.1) is 29.6 Å².